The summed E-state index contributed by atoms with van der Waals surface area (Å²) < 4.78 is 27.7. The van der Waals surface area contributed by atoms with Crippen molar-refractivity contribution in [3.8, 4) is 0 Å². The fraction of sp³-hybridized carbons (Fsp3) is 0.310. The minimum Gasteiger partial charge on any atom is -0.355 e. The van der Waals surface area contributed by atoms with Gasteiger partial charge in [0.15, 0.2) is 0 Å². The molecule has 218 valence electrons. The average molecular weight is 584 g/mol. The van der Waals surface area contributed by atoms with E-state index in [4.69, 9.17) is 0 Å². The lowest BCUT2D eigenvalue weighted by Gasteiger charge is -2.26. The lowest BCUT2D eigenvalue weighted by molar-refractivity contribution is -0.106. The number of hydrogen-bond acceptors (Lipinski definition) is 6. The Labute approximate surface area is 240 Å². The Morgan fingerprint density at radius 2 is 1.83 bits per heavy atom. The molecule has 2 N–H and O–H groups in total. The summed E-state index contributed by atoms with van der Waals surface area (Å²) in [5.41, 5.74) is 0.668. The Morgan fingerprint density at radius 3 is 2.41 bits per heavy atom. The molecule has 2 heterocycles. The van der Waals surface area contributed by atoms with E-state index in [2.05, 4.69) is 10.6 Å². The van der Waals surface area contributed by atoms with Gasteiger partial charge in [-0.05, 0) is 49.7 Å². The van der Waals surface area contributed by atoms with E-state index in [0.29, 0.717) is 24.3 Å². The maximum absolute atomic E-state index is 14.8. The number of anilines is 4. The molecule has 0 spiro atoms. The van der Waals surface area contributed by atoms with E-state index in [1.165, 1.54) is 48.7 Å². The molecule has 1 atom stereocenters. The van der Waals surface area contributed by atoms with Gasteiger partial charge < -0.3 is 15.5 Å². The van der Waals surface area contributed by atoms with Crippen LogP contribution in [0.5, 0.6) is 0 Å². The van der Waals surface area contributed by atoms with Gasteiger partial charge in [0.25, 0.3) is 17.4 Å². The van der Waals surface area contributed by atoms with Crippen LogP contribution in [-0.2, 0) is 22.6 Å². The Bertz CT molecular complexity index is 1570. The summed E-state index contributed by atoms with van der Waals surface area (Å²) in [6.07, 6.45) is 0.443. The van der Waals surface area contributed by atoms with E-state index in [0.717, 1.165) is 4.90 Å². The second-order valence-electron chi connectivity index (χ2n) is 9.12. The van der Waals surface area contributed by atoms with Gasteiger partial charge in [-0.25, -0.2) is 4.39 Å². The topological polar surface area (TPSA) is 121 Å². The van der Waals surface area contributed by atoms with Crippen molar-refractivity contribution in [2.75, 3.05) is 35.4 Å². The highest BCUT2D eigenvalue weighted by Gasteiger charge is 2.29. The second kappa shape index (κ2) is 13.4. The van der Waals surface area contributed by atoms with Gasteiger partial charge in [-0.15, -0.1) is 0 Å². The first-order chi connectivity index (χ1) is 19.6. The first kappa shape index (κ1) is 31.2. The first-order valence-corrected chi connectivity index (χ1v) is 14.5. The number of benzene rings is 2. The minimum absolute atomic E-state index is 0.0191. The van der Waals surface area contributed by atoms with Crippen molar-refractivity contribution >= 4 is 51.9 Å². The van der Waals surface area contributed by atoms with Gasteiger partial charge in [-0.3, -0.25) is 32.9 Å². The third-order valence-corrected chi connectivity index (χ3v) is 7.75. The normalized spacial score (nSPS) is 14.1. The number of carbonyl (C=O) groups is 3. The molecule has 0 bridgehead atoms. The maximum atomic E-state index is 14.8. The van der Waals surface area contributed by atoms with Crippen LogP contribution in [0.2, 0.25) is 0 Å². The molecule has 0 aliphatic carbocycles. The van der Waals surface area contributed by atoms with Gasteiger partial charge in [0.2, 0.25) is 6.41 Å². The zero-order chi connectivity index (χ0) is 30.4. The highest BCUT2D eigenvalue weighted by atomic mass is 32.2. The van der Waals surface area contributed by atoms with Gasteiger partial charge in [0, 0.05) is 54.0 Å². The largest absolute Gasteiger partial charge is 0.355 e. The van der Waals surface area contributed by atoms with Crippen molar-refractivity contribution in [3.63, 3.8) is 0 Å². The number of aromatic nitrogens is 1. The number of hydrogen-bond donors (Lipinski definition) is 2. The molecule has 1 aliphatic rings. The van der Waals surface area contributed by atoms with Crippen molar-refractivity contribution in [2.45, 2.75) is 27.7 Å². The van der Waals surface area contributed by atoms with Crippen LogP contribution in [0.3, 0.4) is 0 Å². The molecule has 1 unspecified atom stereocenters. The fourth-order valence-corrected chi connectivity index (χ4v) is 5.59. The molecule has 3 aromatic rings. The fourth-order valence-electron chi connectivity index (χ4n) is 4.45. The zero-order valence-corrected chi connectivity index (χ0v) is 24.7. The predicted molar refractivity (Wildman–Crippen MR) is 159 cm³/mol. The Kier molecular flexibility index (Phi) is 10.2. The molecule has 41 heavy (non-hydrogen) atoms. The maximum Gasteiger partial charge on any atom is 0.256 e. The van der Waals surface area contributed by atoms with Crippen LogP contribution in [0.4, 0.5) is 27.3 Å². The molecule has 1 aliphatic heterocycles. The summed E-state index contributed by atoms with van der Waals surface area (Å²) in [6, 6.07) is 10.6. The standard InChI is InChI=1S/C27H28FN5O5S.C2H6/c1-16-8-9-21(20(28)12-16)30-24-22(25(35)29-3)23(17(2)26(36)31(24)4)33(14-34)19-7-5-6-18(13-19)27(37)32-10-11-39(38)15-32;1-2/h5-9,12-14,30H,10-11,15H2,1-4H3,(H,29,35);1-2H3. The van der Waals surface area contributed by atoms with Gasteiger partial charge >= 0.3 is 0 Å². The molecule has 10 nitrogen and oxygen atoms in total. The summed E-state index contributed by atoms with van der Waals surface area (Å²) in [5.74, 6) is -1.07. The van der Waals surface area contributed by atoms with Crippen LogP contribution in [0.1, 0.15) is 45.7 Å². The number of nitrogens with one attached hydrogen (secondary N) is 2. The second-order valence-corrected chi connectivity index (χ2v) is 10.7. The number of aryl methyl sites for hydroxylation is 1. The van der Waals surface area contributed by atoms with Crippen molar-refractivity contribution in [1.82, 2.24) is 14.8 Å². The van der Waals surface area contributed by atoms with Crippen LogP contribution in [0, 0.1) is 19.7 Å². The molecule has 1 fully saturated rings. The Balaban J connectivity index is 0.00000226. The average Bonchev–Trinajstić information content (AvgIpc) is 3.42. The van der Waals surface area contributed by atoms with Crippen LogP contribution in [-0.4, -0.2) is 57.1 Å². The van der Waals surface area contributed by atoms with Crippen molar-refractivity contribution in [1.29, 1.82) is 0 Å². The van der Waals surface area contributed by atoms with Crippen molar-refractivity contribution in [3.05, 3.63) is 80.9 Å². The van der Waals surface area contributed by atoms with Crippen LogP contribution >= 0.6 is 0 Å². The predicted octanol–water partition coefficient (Wildman–Crippen LogP) is 3.73. The molecule has 4 rings (SSSR count). The third kappa shape index (κ3) is 6.37. The lowest BCUT2D eigenvalue weighted by atomic mass is 10.1. The van der Waals surface area contributed by atoms with Crippen LogP contribution < -0.4 is 21.1 Å². The minimum atomic E-state index is -1.11. The SMILES string of the molecule is CC.CNC(=O)c1c(N(C=O)c2cccc(C(=O)N3CCS(=O)C3)c2)c(C)c(=O)n(C)c1Nc1ccc(C)cc1F. The van der Waals surface area contributed by atoms with E-state index in [1.807, 2.05) is 13.8 Å². The van der Waals surface area contributed by atoms with Gasteiger partial charge in [-0.2, -0.15) is 0 Å². The van der Waals surface area contributed by atoms with E-state index < -0.39 is 28.1 Å². The quantitative estimate of drug-likeness (QED) is 0.409. The highest BCUT2D eigenvalue weighted by Crippen LogP contribution is 2.35. The summed E-state index contributed by atoms with van der Waals surface area (Å²) in [6.45, 7) is 7.56. The lowest BCUT2D eigenvalue weighted by Crippen LogP contribution is -2.33. The Hall–Kier alpha value is -4.32. The molecule has 0 radical (unpaired) electrons. The van der Waals surface area contributed by atoms with Gasteiger partial charge in [0.05, 0.1) is 17.3 Å². The molecule has 3 amide bonds. The molecule has 1 saturated heterocycles. The number of nitrogens with zero attached hydrogens (tertiary/aromatic N) is 3. The number of carbonyl (C=O) groups excluding carboxylic acids is 3. The van der Waals surface area contributed by atoms with Crippen molar-refractivity contribution < 1.29 is 23.0 Å². The van der Waals surface area contributed by atoms with E-state index >= 15 is 0 Å². The van der Waals surface area contributed by atoms with Gasteiger partial charge in [-0.1, -0.05) is 26.0 Å². The van der Waals surface area contributed by atoms with E-state index in [1.54, 1.807) is 31.2 Å². The third-order valence-electron chi connectivity index (χ3n) is 6.51. The van der Waals surface area contributed by atoms with Gasteiger partial charge in [0.1, 0.15) is 17.2 Å². The molecule has 12 heteroatoms. The summed E-state index contributed by atoms with van der Waals surface area (Å²) >= 11 is 0. The number of pyridine rings is 1. The van der Waals surface area contributed by atoms with Crippen molar-refractivity contribution in [2.24, 2.45) is 7.05 Å². The first-order valence-electron chi connectivity index (χ1n) is 13.0. The Morgan fingerprint density at radius 1 is 1.12 bits per heavy atom. The number of halogens is 1. The summed E-state index contributed by atoms with van der Waals surface area (Å²) in [4.78, 5) is 54.7. The monoisotopic (exact) mass is 583 g/mol. The molecular formula is C29H34FN5O5S. The van der Waals surface area contributed by atoms with Crippen LogP contribution in [0.25, 0.3) is 0 Å². The zero-order valence-electron chi connectivity index (χ0n) is 23.9. The molecule has 1 aromatic heterocycles. The number of rotatable bonds is 7. The smallest absolute Gasteiger partial charge is 0.256 e. The number of amides is 3. The molecule has 0 saturated carbocycles. The molecular weight excluding hydrogens is 549 g/mol. The summed E-state index contributed by atoms with van der Waals surface area (Å²) in [5, 5.41) is 5.38. The van der Waals surface area contributed by atoms with E-state index in [9.17, 15) is 27.8 Å². The van der Waals surface area contributed by atoms with E-state index in [-0.39, 0.29) is 51.4 Å². The highest BCUT2D eigenvalue weighted by molar-refractivity contribution is 7.85. The van der Waals surface area contributed by atoms with Crippen LogP contribution in [0.15, 0.2) is 47.3 Å². The summed E-state index contributed by atoms with van der Waals surface area (Å²) in [7, 11) is 1.72. The molecule has 2 aromatic carbocycles.